The maximum absolute atomic E-state index is 10.9. The van der Waals surface area contributed by atoms with Crippen molar-refractivity contribution in [2.75, 3.05) is 0 Å². The van der Waals surface area contributed by atoms with E-state index < -0.39 is 10.9 Å². The van der Waals surface area contributed by atoms with Crippen molar-refractivity contribution in [3.8, 4) is 5.75 Å². The molecular formula is C14H10NO5-. The zero-order valence-corrected chi connectivity index (χ0v) is 10.3. The van der Waals surface area contributed by atoms with Crippen LogP contribution in [0.2, 0.25) is 0 Å². The second-order valence-corrected chi connectivity index (χ2v) is 4.00. The summed E-state index contributed by atoms with van der Waals surface area (Å²) in [7, 11) is 0. The molecule has 0 radical (unpaired) electrons. The number of rotatable bonds is 5. The highest BCUT2D eigenvalue weighted by atomic mass is 16.6. The Balaban J connectivity index is 2.09. The molecular weight excluding hydrogens is 262 g/mol. The fraction of sp³-hybridized carbons (Fsp3) is 0.0714. The SMILES string of the molecule is O=C([O-])c1ccccc1OCc1ccc([N+](=O)[O-])cc1. The molecule has 6 nitrogen and oxygen atoms in total. The van der Waals surface area contributed by atoms with Gasteiger partial charge in [-0.2, -0.15) is 0 Å². The zero-order chi connectivity index (χ0) is 14.5. The van der Waals surface area contributed by atoms with Crippen LogP contribution >= 0.6 is 0 Å². The maximum Gasteiger partial charge on any atom is 0.269 e. The third-order valence-corrected chi connectivity index (χ3v) is 2.65. The van der Waals surface area contributed by atoms with E-state index >= 15 is 0 Å². The lowest BCUT2D eigenvalue weighted by Crippen LogP contribution is -2.23. The zero-order valence-electron chi connectivity index (χ0n) is 10.3. The molecule has 2 rings (SSSR count). The van der Waals surface area contributed by atoms with E-state index in [1.165, 1.54) is 24.3 Å². The number of hydrogen-bond acceptors (Lipinski definition) is 5. The molecule has 0 heterocycles. The van der Waals surface area contributed by atoms with Crippen LogP contribution in [0, 0.1) is 10.1 Å². The van der Waals surface area contributed by atoms with Crippen LogP contribution in [-0.4, -0.2) is 10.9 Å². The first-order valence-corrected chi connectivity index (χ1v) is 5.74. The van der Waals surface area contributed by atoms with Gasteiger partial charge in [-0.1, -0.05) is 12.1 Å². The van der Waals surface area contributed by atoms with Crippen LogP contribution in [-0.2, 0) is 6.61 Å². The van der Waals surface area contributed by atoms with Gasteiger partial charge in [-0.3, -0.25) is 10.1 Å². The number of aromatic carboxylic acids is 1. The Labute approximate surface area is 114 Å². The number of nitro groups is 1. The first-order valence-electron chi connectivity index (χ1n) is 5.74. The van der Waals surface area contributed by atoms with Crippen LogP contribution in [0.4, 0.5) is 5.69 Å². The Hall–Kier alpha value is -2.89. The predicted octanol–water partition coefficient (Wildman–Crippen LogP) is 1.54. The Kier molecular flexibility index (Phi) is 3.95. The molecule has 102 valence electrons. The third kappa shape index (κ3) is 3.11. The molecule has 20 heavy (non-hydrogen) atoms. The number of nitrogens with zero attached hydrogens (tertiary/aromatic N) is 1. The van der Waals surface area contributed by atoms with Gasteiger partial charge in [0.25, 0.3) is 5.69 Å². The monoisotopic (exact) mass is 272 g/mol. The topological polar surface area (TPSA) is 92.5 Å². The molecule has 0 aromatic heterocycles. The Morgan fingerprint density at radius 1 is 1.10 bits per heavy atom. The highest BCUT2D eigenvalue weighted by Gasteiger charge is 2.06. The molecule has 0 N–H and O–H groups in total. The Morgan fingerprint density at radius 2 is 1.75 bits per heavy atom. The number of carboxylic acids is 1. The molecule has 0 bridgehead atoms. The molecule has 0 aliphatic heterocycles. The summed E-state index contributed by atoms with van der Waals surface area (Å²) < 4.78 is 5.39. The highest BCUT2D eigenvalue weighted by Crippen LogP contribution is 2.19. The van der Waals surface area contributed by atoms with Crippen molar-refractivity contribution in [1.29, 1.82) is 0 Å². The Morgan fingerprint density at radius 3 is 2.35 bits per heavy atom. The van der Waals surface area contributed by atoms with Crippen molar-refractivity contribution in [2.24, 2.45) is 0 Å². The van der Waals surface area contributed by atoms with Crippen LogP contribution in [0.15, 0.2) is 48.5 Å². The molecule has 6 heteroatoms. The van der Waals surface area contributed by atoms with Gasteiger partial charge >= 0.3 is 0 Å². The lowest BCUT2D eigenvalue weighted by Gasteiger charge is -2.11. The van der Waals surface area contributed by atoms with Crippen molar-refractivity contribution < 1.29 is 19.6 Å². The second-order valence-electron chi connectivity index (χ2n) is 4.00. The molecule has 2 aromatic rings. The molecule has 0 spiro atoms. The fourth-order valence-corrected chi connectivity index (χ4v) is 1.64. The van der Waals surface area contributed by atoms with Crippen molar-refractivity contribution in [2.45, 2.75) is 6.61 Å². The molecule has 2 aromatic carbocycles. The summed E-state index contributed by atoms with van der Waals surface area (Å²) in [5.41, 5.74) is 0.655. The van der Waals surface area contributed by atoms with E-state index in [0.29, 0.717) is 5.56 Å². The molecule has 0 aliphatic carbocycles. The number of carbonyl (C=O) groups is 1. The number of ether oxygens (including phenoxy) is 1. The molecule has 0 unspecified atom stereocenters. The number of nitro benzene ring substituents is 1. The minimum absolute atomic E-state index is 0.0103. The van der Waals surface area contributed by atoms with E-state index in [0.717, 1.165) is 0 Å². The summed E-state index contributed by atoms with van der Waals surface area (Å²) in [6.45, 7) is 0.113. The molecule has 0 fully saturated rings. The van der Waals surface area contributed by atoms with Crippen LogP contribution < -0.4 is 9.84 Å². The lowest BCUT2D eigenvalue weighted by atomic mass is 10.2. The van der Waals surface area contributed by atoms with Gasteiger partial charge < -0.3 is 14.6 Å². The van der Waals surface area contributed by atoms with Crippen LogP contribution in [0.25, 0.3) is 0 Å². The molecule has 0 amide bonds. The van der Waals surface area contributed by atoms with E-state index in [2.05, 4.69) is 0 Å². The van der Waals surface area contributed by atoms with Gasteiger partial charge in [0.15, 0.2) is 0 Å². The van der Waals surface area contributed by atoms with Crippen LogP contribution in [0.1, 0.15) is 15.9 Å². The minimum atomic E-state index is -1.32. The number of hydrogen-bond donors (Lipinski definition) is 0. The first kappa shape index (κ1) is 13.5. The summed E-state index contributed by atoms with van der Waals surface area (Å²) in [5, 5.41) is 21.4. The fourth-order valence-electron chi connectivity index (χ4n) is 1.64. The van der Waals surface area contributed by atoms with Crippen molar-refractivity contribution >= 4 is 11.7 Å². The van der Waals surface area contributed by atoms with Crippen LogP contribution in [0.3, 0.4) is 0 Å². The van der Waals surface area contributed by atoms with Crippen LogP contribution in [0.5, 0.6) is 5.75 Å². The molecule has 0 aliphatic rings. The lowest BCUT2D eigenvalue weighted by molar-refractivity contribution is -0.384. The maximum atomic E-state index is 10.9. The van der Waals surface area contributed by atoms with E-state index in [1.807, 2.05) is 0 Å². The number of non-ortho nitro benzene ring substituents is 1. The van der Waals surface area contributed by atoms with Gasteiger partial charge in [-0.05, 0) is 29.8 Å². The van der Waals surface area contributed by atoms with E-state index in [9.17, 15) is 20.0 Å². The largest absolute Gasteiger partial charge is 0.545 e. The third-order valence-electron chi connectivity index (χ3n) is 2.65. The summed E-state index contributed by atoms with van der Waals surface area (Å²) in [4.78, 5) is 20.9. The van der Waals surface area contributed by atoms with Gasteiger partial charge in [-0.15, -0.1) is 0 Å². The van der Waals surface area contributed by atoms with Gasteiger partial charge in [0.1, 0.15) is 12.4 Å². The molecule has 0 saturated carbocycles. The first-order chi connectivity index (χ1) is 9.58. The smallest absolute Gasteiger partial charge is 0.269 e. The van der Waals surface area contributed by atoms with Gasteiger partial charge in [0.2, 0.25) is 0 Å². The summed E-state index contributed by atoms with van der Waals surface area (Å²) in [6.07, 6.45) is 0. The highest BCUT2D eigenvalue weighted by molar-refractivity contribution is 5.89. The van der Waals surface area contributed by atoms with Crippen molar-refractivity contribution in [3.63, 3.8) is 0 Å². The Bertz CT molecular complexity index is 636. The molecule has 0 atom stereocenters. The summed E-state index contributed by atoms with van der Waals surface area (Å²) in [5.74, 6) is -1.12. The van der Waals surface area contributed by atoms with Gasteiger partial charge in [0.05, 0.1) is 10.9 Å². The minimum Gasteiger partial charge on any atom is -0.545 e. The number of para-hydroxylation sites is 1. The quantitative estimate of drug-likeness (QED) is 0.608. The van der Waals surface area contributed by atoms with E-state index in [1.54, 1.807) is 24.3 Å². The summed E-state index contributed by atoms with van der Waals surface area (Å²) >= 11 is 0. The van der Waals surface area contributed by atoms with Gasteiger partial charge in [0, 0.05) is 17.7 Å². The average molecular weight is 272 g/mol. The van der Waals surface area contributed by atoms with E-state index in [-0.39, 0.29) is 23.6 Å². The van der Waals surface area contributed by atoms with Gasteiger partial charge in [-0.25, -0.2) is 0 Å². The standard InChI is InChI=1S/C14H11NO5/c16-14(17)12-3-1-2-4-13(12)20-9-10-5-7-11(8-6-10)15(18)19/h1-8H,9H2,(H,16,17)/p-1. The number of carbonyl (C=O) groups excluding carboxylic acids is 1. The normalized spacial score (nSPS) is 10.0. The number of benzene rings is 2. The molecule has 0 saturated heterocycles. The second kappa shape index (κ2) is 5.83. The average Bonchev–Trinajstić information content (AvgIpc) is 2.45. The van der Waals surface area contributed by atoms with E-state index in [4.69, 9.17) is 4.74 Å². The van der Waals surface area contributed by atoms with Crippen molar-refractivity contribution in [1.82, 2.24) is 0 Å². The summed E-state index contributed by atoms with van der Waals surface area (Å²) in [6, 6.07) is 12.0. The predicted molar refractivity (Wildman–Crippen MR) is 68.2 cm³/mol. The van der Waals surface area contributed by atoms with Crippen molar-refractivity contribution in [3.05, 3.63) is 69.8 Å². The number of carboxylic acid groups (broad SMARTS) is 1.